The third-order valence-corrected chi connectivity index (χ3v) is 4.20. The first-order chi connectivity index (χ1) is 11.7. The van der Waals surface area contributed by atoms with E-state index in [1.807, 2.05) is 53.2 Å². The van der Waals surface area contributed by atoms with Crippen molar-refractivity contribution in [3.05, 3.63) is 82.6 Å². The maximum Gasteiger partial charge on any atom is 0.226 e. The van der Waals surface area contributed by atoms with Gasteiger partial charge < -0.3 is 5.32 Å². The Morgan fingerprint density at radius 3 is 2.54 bits per heavy atom. The second-order valence-corrected chi connectivity index (χ2v) is 5.86. The number of nitriles is 1. The molecular weight excluding hydrogens is 322 g/mol. The zero-order valence-electron chi connectivity index (χ0n) is 12.5. The lowest BCUT2D eigenvalue weighted by atomic mass is 10.0. The molecule has 2 aromatic carbocycles. The first-order valence-electron chi connectivity index (χ1n) is 7.39. The van der Waals surface area contributed by atoms with Crippen molar-refractivity contribution < 1.29 is 0 Å². The van der Waals surface area contributed by atoms with Gasteiger partial charge >= 0.3 is 0 Å². The average molecular weight is 334 g/mol. The van der Waals surface area contributed by atoms with Crippen molar-refractivity contribution in [3.63, 3.8) is 0 Å². The van der Waals surface area contributed by atoms with E-state index >= 15 is 0 Å². The molecule has 116 valence electrons. The summed E-state index contributed by atoms with van der Waals surface area (Å²) in [4.78, 5) is 4.28. The molecule has 0 aliphatic carbocycles. The highest BCUT2D eigenvalue weighted by atomic mass is 35.5. The Hall–Kier alpha value is -3.10. The van der Waals surface area contributed by atoms with Crippen LogP contribution in [0.4, 0.5) is 5.95 Å². The van der Waals surface area contributed by atoms with Crippen molar-refractivity contribution >= 4 is 23.2 Å². The fourth-order valence-corrected chi connectivity index (χ4v) is 2.85. The van der Waals surface area contributed by atoms with Crippen molar-refractivity contribution in [1.82, 2.24) is 14.8 Å². The number of nitrogens with zero attached hydrogens (tertiary/aromatic N) is 4. The highest BCUT2D eigenvalue weighted by Gasteiger charge is 2.23. The summed E-state index contributed by atoms with van der Waals surface area (Å²) < 4.78 is 1.82. The van der Waals surface area contributed by atoms with Gasteiger partial charge in [0.05, 0.1) is 11.6 Å². The summed E-state index contributed by atoms with van der Waals surface area (Å²) in [6.07, 6.45) is 3.62. The molecule has 4 rings (SSSR count). The molecule has 3 aromatic rings. The molecule has 5 nitrogen and oxygen atoms in total. The highest BCUT2D eigenvalue weighted by molar-refractivity contribution is 6.30. The SMILES string of the molecule is N#Cc1ccc([C@@H]2C=C(c3ccc(Cl)cc3)Nc3ncnn32)cc1. The molecule has 0 radical (unpaired) electrons. The number of anilines is 1. The zero-order valence-corrected chi connectivity index (χ0v) is 13.3. The van der Waals surface area contributed by atoms with Crippen molar-refractivity contribution in [2.24, 2.45) is 0 Å². The van der Waals surface area contributed by atoms with E-state index in [4.69, 9.17) is 16.9 Å². The van der Waals surface area contributed by atoms with E-state index < -0.39 is 0 Å². The van der Waals surface area contributed by atoms with E-state index in [-0.39, 0.29) is 6.04 Å². The second kappa shape index (κ2) is 5.84. The van der Waals surface area contributed by atoms with Crippen molar-refractivity contribution in [2.45, 2.75) is 6.04 Å². The van der Waals surface area contributed by atoms with Gasteiger partial charge in [-0.2, -0.15) is 15.3 Å². The normalized spacial score (nSPS) is 15.8. The lowest BCUT2D eigenvalue weighted by molar-refractivity contribution is 0.612. The number of nitrogens with one attached hydrogen (secondary N) is 1. The summed E-state index contributed by atoms with van der Waals surface area (Å²) in [5, 5.41) is 17.3. The van der Waals surface area contributed by atoms with Gasteiger partial charge in [-0.05, 0) is 41.5 Å². The van der Waals surface area contributed by atoms with Crippen LogP contribution in [0.2, 0.25) is 5.02 Å². The summed E-state index contributed by atoms with van der Waals surface area (Å²) in [5.74, 6) is 0.678. The molecule has 24 heavy (non-hydrogen) atoms. The van der Waals surface area contributed by atoms with Crippen molar-refractivity contribution in [2.75, 3.05) is 5.32 Å². The van der Waals surface area contributed by atoms with Crippen LogP contribution < -0.4 is 5.32 Å². The van der Waals surface area contributed by atoms with E-state index in [1.165, 1.54) is 6.33 Å². The van der Waals surface area contributed by atoms with Gasteiger partial charge in [-0.25, -0.2) is 4.68 Å². The van der Waals surface area contributed by atoms with Crippen LogP contribution in [0, 0.1) is 11.3 Å². The van der Waals surface area contributed by atoms with E-state index in [1.54, 1.807) is 0 Å². The van der Waals surface area contributed by atoms with Crippen LogP contribution in [0.5, 0.6) is 0 Å². The van der Waals surface area contributed by atoms with E-state index in [2.05, 4.69) is 27.5 Å². The molecule has 0 saturated heterocycles. The van der Waals surface area contributed by atoms with Crippen LogP contribution in [-0.2, 0) is 0 Å². The maximum absolute atomic E-state index is 8.97. The van der Waals surface area contributed by atoms with Crippen molar-refractivity contribution in [3.8, 4) is 6.07 Å². The smallest absolute Gasteiger partial charge is 0.226 e. The zero-order chi connectivity index (χ0) is 16.5. The molecule has 1 atom stereocenters. The quantitative estimate of drug-likeness (QED) is 0.773. The van der Waals surface area contributed by atoms with Gasteiger partial charge in [0.25, 0.3) is 0 Å². The summed E-state index contributed by atoms with van der Waals surface area (Å²) in [7, 11) is 0. The van der Waals surface area contributed by atoms with E-state index in [9.17, 15) is 0 Å². The Morgan fingerprint density at radius 1 is 1.08 bits per heavy atom. The summed E-state index contributed by atoms with van der Waals surface area (Å²) in [5.41, 5.74) is 3.64. The second-order valence-electron chi connectivity index (χ2n) is 5.42. The van der Waals surface area contributed by atoms with E-state index in [0.29, 0.717) is 16.5 Å². The lowest BCUT2D eigenvalue weighted by Gasteiger charge is -2.24. The molecule has 0 spiro atoms. The monoisotopic (exact) mass is 333 g/mol. The summed E-state index contributed by atoms with van der Waals surface area (Å²) in [6.45, 7) is 0. The highest BCUT2D eigenvalue weighted by Crippen LogP contribution is 2.32. The van der Waals surface area contributed by atoms with Crippen LogP contribution in [-0.4, -0.2) is 14.8 Å². The minimum Gasteiger partial charge on any atom is -0.324 e. The Morgan fingerprint density at radius 2 is 1.83 bits per heavy atom. The molecule has 0 saturated carbocycles. The molecule has 0 unspecified atom stereocenters. The number of allylic oxidation sites excluding steroid dienone is 1. The molecule has 0 bridgehead atoms. The topological polar surface area (TPSA) is 66.5 Å². The number of halogens is 1. The van der Waals surface area contributed by atoms with Gasteiger partial charge in [0.2, 0.25) is 5.95 Å². The molecule has 2 heterocycles. The van der Waals surface area contributed by atoms with Crippen LogP contribution >= 0.6 is 11.6 Å². The van der Waals surface area contributed by atoms with Gasteiger partial charge in [-0.15, -0.1) is 0 Å². The molecule has 0 amide bonds. The molecular formula is C18H12ClN5. The third kappa shape index (κ3) is 2.53. The minimum atomic E-state index is -0.0952. The van der Waals surface area contributed by atoms with E-state index in [0.717, 1.165) is 16.8 Å². The number of rotatable bonds is 2. The minimum absolute atomic E-state index is 0.0952. The Kier molecular flexibility index (Phi) is 3.52. The first-order valence-corrected chi connectivity index (χ1v) is 7.77. The Balaban J connectivity index is 1.78. The van der Waals surface area contributed by atoms with Gasteiger partial charge in [0.1, 0.15) is 12.4 Å². The van der Waals surface area contributed by atoms with Crippen LogP contribution in [0.25, 0.3) is 5.70 Å². The van der Waals surface area contributed by atoms with Crippen LogP contribution in [0.15, 0.2) is 60.9 Å². The van der Waals surface area contributed by atoms with Gasteiger partial charge in [0, 0.05) is 10.7 Å². The number of hydrogen-bond acceptors (Lipinski definition) is 4. The molecule has 1 aliphatic heterocycles. The third-order valence-electron chi connectivity index (χ3n) is 3.94. The Bertz CT molecular complexity index is 948. The predicted molar refractivity (Wildman–Crippen MR) is 92.4 cm³/mol. The fourth-order valence-electron chi connectivity index (χ4n) is 2.72. The molecule has 1 aliphatic rings. The van der Waals surface area contributed by atoms with Crippen LogP contribution in [0.3, 0.4) is 0 Å². The first kappa shape index (κ1) is 14.5. The molecule has 0 fully saturated rings. The maximum atomic E-state index is 8.97. The van der Waals surface area contributed by atoms with Crippen molar-refractivity contribution in [1.29, 1.82) is 5.26 Å². The standard InChI is InChI=1S/C18H12ClN5/c19-15-7-5-13(6-8-15)16-9-17(24-18(23-16)21-11-22-24)14-3-1-12(10-20)2-4-14/h1-9,11,17H,(H,21,22,23)/t17-/m0/s1. The lowest BCUT2D eigenvalue weighted by Crippen LogP contribution is -2.20. The number of benzene rings is 2. The number of aromatic nitrogens is 3. The number of hydrogen-bond donors (Lipinski definition) is 1. The van der Waals surface area contributed by atoms with Gasteiger partial charge in [-0.1, -0.05) is 35.9 Å². The molecule has 6 heteroatoms. The van der Waals surface area contributed by atoms with Gasteiger partial charge in [0.15, 0.2) is 0 Å². The average Bonchev–Trinajstić information content (AvgIpc) is 3.10. The summed E-state index contributed by atoms with van der Waals surface area (Å²) >= 11 is 5.97. The fraction of sp³-hybridized carbons (Fsp3) is 0.0556. The molecule has 1 aromatic heterocycles. The number of fused-ring (bicyclic) bond motifs is 1. The molecule has 1 N–H and O–H groups in total. The largest absolute Gasteiger partial charge is 0.324 e. The predicted octanol–water partition coefficient (Wildman–Crippen LogP) is 3.86. The van der Waals surface area contributed by atoms with Gasteiger partial charge in [-0.3, -0.25) is 0 Å². The van der Waals surface area contributed by atoms with Crippen LogP contribution in [0.1, 0.15) is 22.7 Å². The summed E-state index contributed by atoms with van der Waals surface area (Å²) in [6, 6.07) is 17.2. The Labute approximate surface area is 143 Å².